The van der Waals surface area contributed by atoms with Crippen LogP contribution in [-0.2, 0) is 19.5 Å². The summed E-state index contributed by atoms with van der Waals surface area (Å²) in [5, 5.41) is 0. The lowest BCUT2D eigenvalue weighted by Gasteiger charge is -2.08. The van der Waals surface area contributed by atoms with Crippen LogP contribution in [0.1, 0.15) is 17.2 Å². The molecule has 5 nitrogen and oxygen atoms in total. The molecule has 2 heterocycles. The number of pyridine rings is 1. The highest BCUT2D eigenvalue weighted by Gasteiger charge is 2.37. The van der Waals surface area contributed by atoms with Crippen molar-refractivity contribution in [3.8, 4) is 0 Å². The highest BCUT2D eigenvalue weighted by molar-refractivity contribution is 7.94. The predicted molar refractivity (Wildman–Crippen MR) is 83.1 cm³/mol. The van der Waals surface area contributed by atoms with Crippen molar-refractivity contribution in [1.29, 1.82) is 0 Å². The molecule has 0 amide bonds. The zero-order chi connectivity index (χ0) is 15.4. The fourth-order valence-electron chi connectivity index (χ4n) is 2.04. The molecule has 1 unspecified atom stereocenters. The third-order valence-corrected chi connectivity index (χ3v) is 3.86. The third kappa shape index (κ3) is 3.07. The van der Waals surface area contributed by atoms with E-state index in [0.717, 1.165) is 17.6 Å². The number of hydrogen-bond acceptors (Lipinski definition) is 6. The molecule has 6 heteroatoms. The van der Waals surface area contributed by atoms with Crippen molar-refractivity contribution in [3.63, 3.8) is 0 Å². The van der Waals surface area contributed by atoms with Crippen LogP contribution < -0.4 is 5.73 Å². The molecular weight excluding hydrogens is 300 g/mol. The van der Waals surface area contributed by atoms with E-state index < -0.39 is 6.10 Å². The topological polar surface area (TPSA) is 74.4 Å². The van der Waals surface area contributed by atoms with Crippen LogP contribution in [0.2, 0.25) is 0 Å². The predicted octanol–water partition coefficient (Wildman–Crippen LogP) is 2.71. The third-order valence-electron chi connectivity index (χ3n) is 3.13. The van der Waals surface area contributed by atoms with Crippen LogP contribution in [-0.4, -0.2) is 10.8 Å². The molecule has 0 fully saturated rings. The Morgan fingerprint density at radius 2 is 2.05 bits per heavy atom. The molecule has 1 aromatic carbocycles. The van der Waals surface area contributed by atoms with Gasteiger partial charge >= 0.3 is 0 Å². The zero-order valence-electron chi connectivity index (χ0n) is 11.6. The molecule has 0 saturated heterocycles. The molecule has 0 saturated carbocycles. The molecule has 3 rings (SSSR count). The Hall–Kier alpha value is -2.47. The molecule has 2 N–H and O–H groups in total. The summed E-state index contributed by atoms with van der Waals surface area (Å²) in [7, 11) is 0. The number of nitrogens with two attached hydrogens (primary N) is 1. The summed E-state index contributed by atoms with van der Waals surface area (Å²) >= 11 is 1.15. The number of aromatic nitrogens is 1. The Kier molecular flexibility index (Phi) is 4.29. The highest BCUT2D eigenvalue weighted by Crippen LogP contribution is 2.33. The molecular formula is C16H14N2O3S. The van der Waals surface area contributed by atoms with Gasteiger partial charge in [-0.3, -0.25) is 9.78 Å². The SMILES string of the molecule is NC1=C(OSCc2ccccc2)C(=O)C(c2cccnc2)O1. The van der Waals surface area contributed by atoms with Crippen molar-refractivity contribution in [2.75, 3.05) is 0 Å². The first-order chi connectivity index (χ1) is 10.8. The van der Waals surface area contributed by atoms with Crippen LogP contribution in [0.25, 0.3) is 0 Å². The molecule has 0 radical (unpaired) electrons. The number of benzene rings is 1. The summed E-state index contributed by atoms with van der Waals surface area (Å²) in [6.45, 7) is 0. The maximum absolute atomic E-state index is 12.3. The summed E-state index contributed by atoms with van der Waals surface area (Å²) in [4.78, 5) is 16.3. The molecule has 1 aromatic heterocycles. The molecule has 0 bridgehead atoms. The van der Waals surface area contributed by atoms with E-state index in [4.69, 9.17) is 14.7 Å². The first-order valence-corrected chi connectivity index (χ1v) is 7.60. The first kappa shape index (κ1) is 14.5. The number of nitrogens with zero attached hydrogens (tertiary/aromatic N) is 1. The molecule has 2 aromatic rings. The zero-order valence-corrected chi connectivity index (χ0v) is 12.5. The largest absolute Gasteiger partial charge is 0.460 e. The first-order valence-electron chi connectivity index (χ1n) is 6.69. The van der Waals surface area contributed by atoms with E-state index >= 15 is 0 Å². The second kappa shape index (κ2) is 6.53. The van der Waals surface area contributed by atoms with Gasteiger partial charge < -0.3 is 14.7 Å². The standard InChI is InChI=1S/C16H14N2O3S/c17-16-15(21-22-10-11-5-2-1-3-6-11)13(19)14(20-16)12-7-4-8-18-9-12/h1-9,14H,10,17H2. The molecule has 1 aliphatic rings. The molecule has 1 aliphatic heterocycles. The normalized spacial score (nSPS) is 17.5. The second-order valence-corrected chi connectivity index (χ2v) is 5.36. The van der Waals surface area contributed by atoms with Crippen molar-refractivity contribution in [3.05, 3.63) is 77.6 Å². The van der Waals surface area contributed by atoms with E-state index in [1.807, 2.05) is 30.3 Å². The van der Waals surface area contributed by atoms with Crippen LogP contribution >= 0.6 is 12.0 Å². The molecule has 22 heavy (non-hydrogen) atoms. The van der Waals surface area contributed by atoms with Crippen LogP contribution in [0.15, 0.2) is 66.5 Å². The Bertz CT molecular complexity index is 689. The Morgan fingerprint density at radius 3 is 2.77 bits per heavy atom. The van der Waals surface area contributed by atoms with Crippen molar-refractivity contribution < 1.29 is 13.7 Å². The van der Waals surface area contributed by atoms with Gasteiger partial charge in [-0.1, -0.05) is 36.4 Å². The van der Waals surface area contributed by atoms with Crippen LogP contribution in [0.4, 0.5) is 0 Å². The lowest BCUT2D eigenvalue weighted by atomic mass is 10.1. The van der Waals surface area contributed by atoms with Gasteiger partial charge in [-0.25, -0.2) is 0 Å². The smallest absolute Gasteiger partial charge is 0.249 e. The van der Waals surface area contributed by atoms with Gasteiger partial charge in [0, 0.05) is 18.0 Å². The lowest BCUT2D eigenvalue weighted by Crippen LogP contribution is -2.10. The fraction of sp³-hybridized carbons (Fsp3) is 0.125. The van der Waals surface area contributed by atoms with Gasteiger partial charge in [-0.05, 0) is 11.6 Å². The number of ether oxygens (including phenoxy) is 1. The van der Waals surface area contributed by atoms with Gasteiger partial charge in [0.2, 0.25) is 17.4 Å². The van der Waals surface area contributed by atoms with Gasteiger partial charge in [-0.15, -0.1) is 0 Å². The Morgan fingerprint density at radius 1 is 1.23 bits per heavy atom. The molecule has 1 atom stereocenters. The Labute approximate surface area is 132 Å². The number of hydrogen-bond donors (Lipinski definition) is 1. The summed E-state index contributed by atoms with van der Waals surface area (Å²) in [5.74, 6) is 0.405. The lowest BCUT2D eigenvalue weighted by molar-refractivity contribution is -0.122. The van der Waals surface area contributed by atoms with E-state index in [0.29, 0.717) is 11.3 Å². The average molecular weight is 314 g/mol. The van der Waals surface area contributed by atoms with Crippen LogP contribution in [0.5, 0.6) is 0 Å². The van der Waals surface area contributed by atoms with Crippen LogP contribution in [0.3, 0.4) is 0 Å². The summed E-state index contributed by atoms with van der Waals surface area (Å²) in [5.41, 5.74) is 7.51. The minimum Gasteiger partial charge on any atom is -0.460 e. The number of carbonyl (C=O) groups is 1. The second-order valence-electron chi connectivity index (χ2n) is 4.67. The van der Waals surface area contributed by atoms with E-state index in [1.54, 1.807) is 24.5 Å². The number of Topliss-reactive ketones (excluding diaryl/α,β-unsaturated/α-hetero) is 1. The van der Waals surface area contributed by atoms with Gasteiger partial charge in [0.25, 0.3) is 0 Å². The number of rotatable bonds is 5. The maximum Gasteiger partial charge on any atom is 0.249 e. The minimum absolute atomic E-state index is 0.0133. The van der Waals surface area contributed by atoms with E-state index in [-0.39, 0.29) is 17.4 Å². The van der Waals surface area contributed by atoms with E-state index in [2.05, 4.69) is 4.98 Å². The summed E-state index contributed by atoms with van der Waals surface area (Å²) < 4.78 is 10.9. The summed E-state index contributed by atoms with van der Waals surface area (Å²) in [6, 6.07) is 13.3. The average Bonchev–Trinajstić information content (AvgIpc) is 2.85. The molecule has 112 valence electrons. The van der Waals surface area contributed by atoms with E-state index in [1.165, 1.54) is 0 Å². The van der Waals surface area contributed by atoms with Gasteiger partial charge in [-0.2, -0.15) is 0 Å². The monoisotopic (exact) mass is 314 g/mol. The highest BCUT2D eigenvalue weighted by atomic mass is 32.2. The summed E-state index contributed by atoms with van der Waals surface area (Å²) in [6.07, 6.45) is 2.43. The quantitative estimate of drug-likeness (QED) is 0.855. The van der Waals surface area contributed by atoms with Crippen LogP contribution in [0, 0.1) is 0 Å². The van der Waals surface area contributed by atoms with Gasteiger partial charge in [0.05, 0.1) is 17.8 Å². The molecule has 0 spiro atoms. The minimum atomic E-state index is -0.777. The number of carbonyl (C=O) groups excluding carboxylic acids is 1. The maximum atomic E-state index is 12.3. The van der Waals surface area contributed by atoms with Gasteiger partial charge in [0.15, 0.2) is 6.10 Å². The Balaban J connectivity index is 1.62. The van der Waals surface area contributed by atoms with E-state index in [9.17, 15) is 4.79 Å². The van der Waals surface area contributed by atoms with Crippen molar-refractivity contribution >= 4 is 17.8 Å². The number of ketones is 1. The van der Waals surface area contributed by atoms with Gasteiger partial charge in [0.1, 0.15) is 0 Å². The fourth-order valence-corrected chi connectivity index (χ4v) is 2.71. The van der Waals surface area contributed by atoms with Crippen molar-refractivity contribution in [2.45, 2.75) is 11.9 Å². The van der Waals surface area contributed by atoms with Crippen molar-refractivity contribution in [1.82, 2.24) is 4.98 Å². The molecule has 0 aliphatic carbocycles. The van der Waals surface area contributed by atoms with Crippen molar-refractivity contribution in [2.24, 2.45) is 5.73 Å².